The van der Waals surface area contributed by atoms with Gasteiger partial charge in [-0.05, 0) is 0 Å². The highest BCUT2D eigenvalue weighted by Crippen LogP contribution is 1.97. The van der Waals surface area contributed by atoms with Gasteiger partial charge in [0, 0.05) is 6.21 Å². The monoisotopic (exact) mass is 101 g/mol. The Balaban J connectivity index is 2.45. The van der Waals surface area contributed by atoms with E-state index >= 15 is 0 Å². The van der Waals surface area contributed by atoms with Crippen LogP contribution in [0, 0.1) is 0 Å². The molecule has 0 unspecified atom stereocenters. The van der Waals surface area contributed by atoms with E-state index in [4.69, 9.17) is 10.2 Å². The molecule has 0 saturated carbocycles. The summed E-state index contributed by atoms with van der Waals surface area (Å²) in [6.45, 7) is 0.348. The molecule has 0 saturated heterocycles. The third-order valence-electron chi connectivity index (χ3n) is 0.945. The fraction of sp³-hybridized carbons (Fsp3) is 0.750. The van der Waals surface area contributed by atoms with Crippen molar-refractivity contribution in [3.8, 4) is 0 Å². The molecule has 0 aliphatic carbocycles. The van der Waals surface area contributed by atoms with Gasteiger partial charge in [0.25, 0.3) is 0 Å². The second kappa shape index (κ2) is 1.60. The van der Waals surface area contributed by atoms with Gasteiger partial charge in [0.15, 0.2) is 0 Å². The topological polar surface area (TPSA) is 52.8 Å². The predicted molar refractivity (Wildman–Crippen MR) is 25.4 cm³/mol. The SMILES string of the molecule is O[C@H]1C=NC[C@@H]1O. The molecule has 0 fully saturated rings. The van der Waals surface area contributed by atoms with Gasteiger partial charge in [-0.3, -0.25) is 4.99 Å². The van der Waals surface area contributed by atoms with Crippen LogP contribution < -0.4 is 0 Å². The first-order valence-electron chi connectivity index (χ1n) is 2.17. The van der Waals surface area contributed by atoms with Crippen LogP contribution in [0.1, 0.15) is 0 Å². The van der Waals surface area contributed by atoms with Crippen molar-refractivity contribution in [2.45, 2.75) is 12.2 Å². The lowest BCUT2D eigenvalue weighted by Gasteiger charge is -2.00. The molecule has 3 heteroatoms. The molecule has 2 atom stereocenters. The van der Waals surface area contributed by atoms with Crippen LogP contribution in [0.5, 0.6) is 0 Å². The van der Waals surface area contributed by atoms with E-state index in [1.807, 2.05) is 0 Å². The minimum Gasteiger partial charge on any atom is -0.388 e. The van der Waals surface area contributed by atoms with E-state index in [2.05, 4.69) is 4.99 Å². The highest BCUT2D eigenvalue weighted by molar-refractivity contribution is 5.65. The minimum absolute atomic E-state index is 0.348. The maximum Gasteiger partial charge on any atom is 0.116 e. The van der Waals surface area contributed by atoms with Crippen LogP contribution in [0.3, 0.4) is 0 Å². The van der Waals surface area contributed by atoms with E-state index in [-0.39, 0.29) is 0 Å². The van der Waals surface area contributed by atoms with Gasteiger partial charge in [-0.1, -0.05) is 0 Å². The quantitative estimate of drug-likeness (QED) is 0.402. The minimum atomic E-state index is -0.722. The van der Waals surface area contributed by atoms with Gasteiger partial charge in [-0.2, -0.15) is 0 Å². The molecule has 1 aliphatic rings. The van der Waals surface area contributed by atoms with Crippen molar-refractivity contribution < 1.29 is 10.2 Å². The van der Waals surface area contributed by atoms with E-state index in [0.717, 1.165) is 0 Å². The summed E-state index contributed by atoms with van der Waals surface area (Å²) < 4.78 is 0. The van der Waals surface area contributed by atoms with Crippen molar-refractivity contribution in [2.75, 3.05) is 6.54 Å². The number of nitrogens with zero attached hydrogens (tertiary/aromatic N) is 1. The van der Waals surface area contributed by atoms with Crippen molar-refractivity contribution >= 4 is 6.21 Å². The number of aliphatic imine (C=N–C) groups is 1. The maximum absolute atomic E-state index is 8.62. The molecule has 0 aromatic heterocycles. The second-order valence-electron chi connectivity index (χ2n) is 1.57. The molecule has 1 heterocycles. The van der Waals surface area contributed by atoms with Crippen molar-refractivity contribution in [3.63, 3.8) is 0 Å². The van der Waals surface area contributed by atoms with Crippen LogP contribution in [0.4, 0.5) is 0 Å². The first-order chi connectivity index (χ1) is 3.30. The van der Waals surface area contributed by atoms with E-state index in [9.17, 15) is 0 Å². The van der Waals surface area contributed by atoms with Crippen LogP contribution >= 0.6 is 0 Å². The summed E-state index contributed by atoms with van der Waals surface area (Å²) in [5, 5.41) is 17.2. The fourth-order valence-electron chi connectivity index (χ4n) is 0.484. The molecule has 0 aromatic carbocycles. The first-order valence-corrected chi connectivity index (χ1v) is 2.17. The van der Waals surface area contributed by atoms with Gasteiger partial charge in [0.1, 0.15) is 12.2 Å². The molecule has 7 heavy (non-hydrogen) atoms. The van der Waals surface area contributed by atoms with E-state index < -0.39 is 12.2 Å². The Morgan fingerprint density at radius 2 is 2.29 bits per heavy atom. The lowest BCUT2D eigenvalue weighted by molar-refractivity contribution is 0.0794. The van der Waals surface area contributed by atoms with E-state index in [0.29, 0.717) is 6.54 Å². The highest BCUT2D eigenvalue weighted by atomic mass is 16.3. The molecule has 40 valence electrons. The molecule has 0 spiro atoms. The molecular weight excluding hydrogens is 94.0 g/mol. The first kappa shape index (κ1) is 4.74. The number of hydrogen-bond donors (Lipinski definition) is 2. The van der Waals surface area contributed by atoms with E-state index in [1.54, 1.807) is 0 Å². The zero-order valence-corrected chi connectivity index (χ0v) is 3.78. The van der Waals surface area contributed by atoms with Gasteiger partial charge in [0.05, 0.1) is 6.54 Å². The summed E-state index contributed by atoms with van der Waals surface area (Å²) in [5.74, 6) is 0. The summed E-state index contributed by atoms with van der Waals surface area (Å²) in [5.41, 5.74) is 0. The van der Waals surface area contributed by atoms with Crippen LogP contribution in [-0.4, -0.2) is 35.2 Å². The summed E-state index contributed by atoms with van der Waals surface area (Å²) >= 11 is 0. The molecule has 0 aromatic rings. The average molecular weight is 101 g/mol. The molecule has 2 N–H and O–H groups in total. The van der Waals surface area contributed by atoms with E-state index in [1.165, 1.54) is 6.21 Å². The molecule has 3 nitrogen and oxygen atoms in total. The Bertz CT molecular complexity index is 91.7. The molecule has 0 bridgehead atoms. The van der Waals surface area contributed by atoms with Gasteiger partial charge in [-0.15, -0.1) is 0 Å². The van der Waals surface area contributed by atoms with Crippen LogP contribution in [-0.2, 0) is 0 Å². The Labute approximate surface area is 41.3 Å². The maximum atomic E-state index is 8.62. The number of aliphatic hydroxyl groups excluding tert-OH is 2. The number of hydrogen-bond acceptors (Lipinski definition) is 3. The van der Waals surface area contributed by atoms with Crippen molar-refractivity contribution in [3.05, 3.63) is 0 Å². The Kier molecular flexibility index (Phi) is 1.08. The third kappa shape index (κ3) is 0.783. The second-order valence-corrected chi connectivity index (χ2v) is 1.57. The molecule has 0 amide bonds. The van der Waals surface area contributed by atoms with Crippen molar-refractivity contribution in [2.24, 2.45) is 4.99 Å². The number of aliphatic hydroxyl groups is 2. The Morgan fingerprint density at radius 3 is 2.43 bits per heavy atom. The van der Waals surface area contributed by atoms with Crippen LogP contribution in [0.2, 0.25) is 0 Å². The lowest BCUT2D eigenvalue weighted by Crippen LogP contribution is -2.23. The molecule has 0 radical (unpaired) electrons. The van der Waals surface area contributed by atoms with Gasteiger partial charge in [-0.25, -0.2) is 0 Å². The summed E-state index contributed by atoms with van der Waals surface area (Å²) in [7, 11) is 0. The summed E-state index contributed by atoms with van der Waals surface area (Å²) in [6, 6.07) is 0. The molecular formula is C4H7NO2. The van der Waals surface area contributed by atoms with Crippen LogP contribution in [0.15, 0.2) is 4.99 Å². The Hall–Kier alpha value is -0.410. The van der Waals surface area contributed by atoms with Gasteiger partial charge in [0.2, 0.25) is 0 Å². The molecule has 1 rings (SSSR count). The summed E-state index contributed by atoms with van der Waals surface area (Å²) in [4.78, 5) is 3.62. The number of rotatable bonds is 0. The average Bonchev–Trinajstić information content (AvgIpc) is 1.91. The molecule has 1 aliphatic heterocycles. The van der Waals surface area contributed by atoms with Gasteiger partial charge >= 0.3 is 0 Å². The normalized spacial score (nSPS) is 39.7. The standard InChI is InChI=1S/C4H7NO2/c6-3-1-5-2-4(3)7/h1,3-4,6-7H,2H2/t3-,4-/m0/s1. The zero-order chi connectivity index (χ0) is 5.28. The van der Waals surface area contributed by atoms with Crippen LogP contribution in [0.25, 0.3) is 0 Å². The van der Waals surface area contributed by atoms with Crippen molar-refractivity contribution in [1.29, 1.82) is 0 Å². The highest BCUT2D eigenvalue weighted by Gasteiger charge is 2.17. The smallest absolute Gasteiger partial charge is 0.116 e. The predicted octanol–water partition coefficient (Wildman–Crippen LogP) is -1.21. The zero-order valence-electron chi connectivity index (χ0n) is 3.78. The third-order valence-corrected chi connectivity index (χ3v) is 0.945. The summed E-state index contributed by atoms with van der Waals surface area (Å²) in [6.07, 6.45) is -0.0231. The van der Waals surface area contributed by atoms with Crippen molar-refractivity contribution in [1.82, 2.24) is 0 Å². The lowest BCUT2D eigenvalue weighted by atomic mass is 10.3. The Morgan fingerprint density at radius 1 is 1.57 bits per heavy atom. The van der Waals surface area contributed by atoms with Gasteiger partial charge < -0.3 is 10.2 Å². The largest absolute Gasteiger partial charge is 0.388 e. The fourth-order valence-corrected chi connectivity index (χ4v) is 0.484.